The summed E-state index contributed by atoms with van der Waals surface area (Å²) in [5, 5.41) is 0.613. The lowest BCUT2D eigenvalue weighted by Gasteiger charge is -2.15. The highest BCUT2D eigenvalue weighted by atomic mass is 35.5. The van der Waals surface area contributed by atoms with E-state index in [9.17, 15) is 4.79 Å². The van der Waals surface area contributed by atoms with Crippen molar-refractivity contribution in [2.75, 3.05) is 11.5 Å². The predicted octanol–water partition coefficient (Wildman–Crippen LogP) is 5.45. The summed E-state index contributed by atoms with van der Waals surface area (Å²) in [4.78, 5) is 14.9. The van der Waals surface area contributed by atoms with E-state index in [0.29, 0.717) is 26.5 Å². The van der Waals surface area contributed by atoms with Crippen molar-refractivity contribution in [3.8, 4) is 5.75 Å². The minimum Gasteiger partial charge on any atom is -0.494 e. The normalized spacial score (nSPS) is 16.0. The molecule has 1 aliphatic rings. The summed E-state index contributed by atoms with van der Waals surface area (Å²) in [5.74, 6) is 0.672. The molecular weight excluding hydrogens is 374 g/mol. The number of anilines is 1. The number of halogens is 1. The van der Waals surface area contributed by atoms with Gasteiger partial charge in [-0.15, -0.1) is 0 Å². The first-order valence-corrected chi connectivity index (χ1v) is 9.37. The van der Waals surface area contributed by atoms with Crippen molar-refractivity contribution in [2.24, 2.45) is 0 Å². The number of amides is 1. The molecule has 1 fully saturated rings. The zero-order valence-electron chi connectivity index (χ0n) is 13.8. The Kier molecular flexibility index (Phi) is 5.47. The minimum absolute atomic E-state index is 0.135. The molecule has 3 rings (SSSR count). The van der Waals surface area contributed by atoms with Crippen molar-refractivity contribution in [2.45, 2.75) is 13.8 Å². The van der Waals surface area contributed by atoms with Crippen LogP contribution in [0.15, 0.2) is 47.4 Å². The van der Waals surface area contributed by atoms with Gasteiger partial charge in [0.15, 0.2) is 4.32 Å². The summed E-state index contributed by atoms with van der Waals surface area (Å²) in [7, 11) is 0. The van der Waals surface area contributed by atoms with Crippen molar-refractivity contribution in [1.29, 1.82) is 0 Å². The smallest absolute Gasteiger partial charge is 0.270 e. The average Bonchev–Trinajstić information content (AvgIpc) is 2.86. The van der Waals surface area contributed by atoms with Gasteiger partial charge in [-0.2, -0.15) is 0 Å². The first kappa shape index (κ1) is 18.0. The van der Waals surface area contributed by atoms with Crippen LogP contribution in [0.1, 0.15) is 18.1 Å². The van der Waals surface area contributed by atoms with Crippen LogP contribution in [0.25, 0.3) is 6.08 Å². The standard InChI is InChI=1S/C19H16ClNO2S2/c1-3-23-15-8-5-13(6-9-15)10-17-18(22)21(19(24)25-17)14-7-4-12(2)16(20)11-14/h4-11H,3H2,1-2H3/b17-10-. The molecule has 1 heterocycles. The van der Waals surface area contributed by atoms with Crippen molar-refractivity contribution in [3.63, 3.8) is 0 Å². The molecule has 0 aromatic heterocycles. The topological polar surface area (TPSA) is 29.5 Å². The molecule has 25 heavy (non-hydrogen) atoms. The zero-order chi connectivity index (χ0) is 18.0. The monoisotopic (exact) mass is 389 g/mol. The van der Waals surface area contributed by atoms with E-state index in [1.165, 1.54) is 16.7 Å². The second kappa shape index (κ2) is 7.60. The van der Waals surface area contributed by atoms with Crippen LogP contribution in [0.2, 0.25) is 5.02 Å². The maximum absolute atomic E-state index is 12.8. The lowest BCUT2D eigenvalue weighted by Crippen LogP contribution is -2.27. The van der Waals surface area contributed by atoms with Crippen molar-refractivity contribution in [1.82, 2.24) is 0 Å². The molecule has 0 radical (unpaired) electrons. The fourth-order valence-corrected chi connectivity index (χ4v) is 3.86. The van der Waals surface area contributed by atoms with Crippen LogP contribution >= 0.6 is 35.6 Å². The molecule has 2 aromatic carbocycles. The largest absolute Gasteiger partial charge is 0.494 e. The molecule has 0 atom stereocenters. The van der Waals surface area contributed by atoms with Crippen LogP contribution in [0.4, 0.5) is 5.69 Å². The van der Waals surface area contributed by atoms with Crippen LogP contribution in [0, 0.1) is 6.92 Å². The summed E-state index contributed by atoms with van der Waals surface area (Å²) < 4.78 is 5.93. The van der Waals surface area contributed by atoms with Crippen molar-refractivity contribution < 1.29 is 9.53 Å². The second-order valence-corrected chi connectivity index (χ2v) is 7.54. The molecule has 1 amide bonds. The van der Waals surface area contributed by atoms with Gasteiger partial charge in [-0.1, -0.05) is 53.8 Å². The molecule has 0 bridgehead atoms. The summed E-state index contributed by atoms with van der Waals surface area (Å²) in [6, 6.07) is 13.1. The van der Waals surface area contributed by atoms with Crippen LogP contribution in [0.5, 0.6) is 5.75 Å². The quantitative estimate of drug-likeness (QED) is 0.513. The maximum Gasteiger partial charge on any atom is 0.270 e. The van der Waals surface area contributed by atoms with E-state index in [2.05, 4.69) is 0 Å². The van der Waals surface area contributed by atoms with Gasteiger partial charge >= 0.3 is 0 Å². The Hall–Kier alpha value is -1.82. The van der Waals surface area contributed by atoms with Gasteiger partial charge < -0.3 is 4.74 Å². The van der Waals surface area contributed by atoms with E-state index >= 15 is 0 Å². The minimum atomic E-state index is -0.135. The lowest BCUT2D eigenvalue weighted by molar-refractivity contribution is -0.113. The van der Waals surface area contributed by atoms with E-state index in [1.54, 1.807) is 6.07 Å². The Balaban J connectivity index is 1.86. The Morgan fingerprint density at radius 1 is 1.24 bits per heavy atom. The molecular formula is C19H16ClNO2S2. The SMILES string of the molecule is CCOc1ccc(/C=C2\SC(=S)N(c3ccc(C)c(Cl)c3)C2=O)cc1. The van der Waals surface area contributed by atoms with Gasteiger partial charge in [-0.3, -0.25) is 9.69 Å². The highest BCUT2D eigenvalue weighted by molar-refractivity contribution is 8.27. The van der Waals surface area contributed by atoms with Gasteiger partial charge in [0.25, 0.3) is 5.91 Å². The molecule has 0 unspecified atom stereocenters. The summed E-state index contributed by atoms with van der Waals surface area (Å²) in [5.41, 5.74) is 2.57. The van der Waals surface area contributed by atoms with Crippen molar-refractivity contribution >= 4 is 57.6 Å². The molecule has 1 aliphatic heterocycles. The maximum atomic E-state index is 12.8. The molecule has 0 saturated carbocycles. The average molecular weight is 390 g/mol. The number of hydrogen-bond donors (Lipinski definition) is 0. The molecule has 0 N–H and O–H groups in total. The Bertz CT molecular complexity index is 862. The molecule has 2 aromatic rings. The fraction of sp³-hybridized carbons (Fsp3) is 0.158. The number of benzene rings is 2. The molecule has 3 nitrogen and oxygen atoms in total. The van der Waals surface area contributed by atoms with Crippen LogP contribution in [0.3, 0.4) is 0 Å². The number of aryl methyl sites for hydroxylation is 1. The number of ether oxygens (including phenoxy) is 1. The van der Waals surface area contributed by atoms with Gasteiger partial charge in [-0.25, -0.2) is 0 Å². The number of rotatable bonds is 4. The zero-order valence-corrected chi connectivity index (χ0v) is 16.2. The summed E-state index contributed by atoms with van der Waals surface area (Å²) >= 11 is 12.9. The number of carbonyl (C=O) groups excluding carboxylic acids is 1. The number of nitrogens with zero attached hydrogens (tertiary/aromatic N) is 1. The van der Waals surface area contributed by atoms with E-state index < -0.39 is 0 Å². The Morgan fingerprint density at radius 3 is 2.60 bits per heavy atom. The van der Waals surface area contributed by atoms with E-state index in [-0.39, 0.29) is 5.91 Å². The van der Waals surface area contributed by atoms with Crippen LogP contribution < -0.4 is 9.64 Å². The highest BCUT2D eigenvalue weighted by Crippen LogP contribution is 2.37. The van der Waals surface area contributed by atoms with Gasteiger partial charge in [-0.05, 0) is 55.3 Å². The fourth-order valence-electron chi connectivity index (χ4n) is 2.39. The predicted molar refractivity (Wildman–Crippen MR) is 109 cm³/mol. The van der Waals surface area contributed by atoms with E-state index in [4.69, 9.17) is 28.6 Å². The molecule has 0 aliphatic carbocycles. The third kappa shape index (κ3) is 3.89. The third-order valence-electron chi connectivity index (χ3n) is 3.70. The number of thiocarbonyl (C=S) groups is 1. The number of hydrogen-bond acceptors (Lipinski definition) is 4. The molecule has 1 saturated heterocycles. The van der Waals surface area contributed by atoms with Gasteiger partial charge in [0.05, 0.1) is 17.2 Å². The highest BCUT2D eigenvalue weighted by Gasteiger charge is 2.33. The van der Waals surface area contributed by atoms with Gasteiger partial charge in [0.2, 0.25) is 0 Å². The molecule has 6 heteroatoms. The third-order valence-corrected chi connectivity index (χ3v) is 5.41. The number of thioether (sulfide) groups is 1. The van der Waals surface area contributed by atoms with Crippen LogP contribution in [-0.4, -0.2) is 16.8 Å². The van der Waals surface area contributed by atoms with E-state index in [1.807, 2.05) is 56.3 Å². The van der Waals surface area contributed by atoms with E-state index in [0.717, 1.165) is 16.9 Å². The Morgan fingerprint density at radius 2 is 1.96 bits per heavy atom. The summed E-state index contributed by atoms with van der Waals surface area (Å²) in [6.07, 6.45) is 1.84. The van der Waals surface area contributed by atoms with Crippen molar-refractivity contribution in [3.05, 3.63) is 63.5 Å². The first-order valence-electron chi connectivity index (χ1n) is 7.76. The number of carbonyl (C=O) groups is 1. The van der Waals surface area contributed by atoms with Gasteiger partial charge in [0.1, 0.15) is 5.75 Å². The molecule has 0 spiro atoms. The first-order chi connectivity index (χ1) is 12.0. The lowest BCUT2D eigenvalue weighted by atomic mass is 10.2. The molecule has 128 valence electrons. The second-order valence-electron chi connectivity index (χ2n) is 5.45. The summed E-state index contributed by atoms with van der Waals surface area (Å²) in [6.45, 7) is 4.48. The Labute approximate surface area is 161 Å². The van der Waals surface area contributed by atoms with Crippen LogP contribution in [-0.2, 0) is 4.79 Å². The van der Waals surface area contributed by atoms with Gasteiger partial charge in [0, 0.05) is 5.02 Å².